The Hall–Kier alpha value is -3.91. The first-order chi connectivity index (χ1) is 17.6. The van der Waals surface area contributed by atoms with Crippen molar-refractivity contribution in [2.45, 2.75) is 17.8 Å². The van der Waals surface area contributed by atoms with Crippen LogP contribution in [0, 0.1) is 0 Å². The number of carbonyl (C=O) groups is 1. The molecule has 1 saturated carbocycles. The molecule has 1 spiro atoms. The number of piperazine rings is 1. The number of aromatic amines is 1. The fourth-order valence-electron chi connectivity index (χ4n) is 5.92. The van der Waals surface area contributed by atoms with E-state index in [0.29, 0.717) is 0 Å². The first-order valence-electron chi connectivity index (χ1n) is 12.4. The van der Waals surface area contributed by atoms with Gasteiger partial charge in [-0.2, -0.15) is 5.10 Å². The molecule has 36 heavy (non-hydrogen) atoms. The smallest absolute Gasteiger partial charge is 0.235 e. The maximum Gasteiger partial charge on any atom is 0.235 e. The van der Waals surface area contributed by atoms with Crippen LogP contribution >= 0.6 is 0 Å². The number of carbonyl (C=O) groups excluding carboxylic acids is 1. The van der Waals surface area contributed by atoms with Gasteiger partial charge in [0, 0.05) is 54.9 Å². The molecule has 4 aromatic rings. The van der Waals surface area contributed by atoms with Gasteiger partial charge in [-0.25, -0.2) is 4.98 Å². The Morgan fingerprint density at radius 3 is 2.69 bits per heavy atom. The second-order valence-corrected chi connectivity index (χ2v) is 10.2. The number of pyridine rings is 1. The molecule has 0 bridgehead atoms. The average Bonchev–Trinajstić information content (AvgIpc) is 3.44. The molecular weight excluding hydrogens is 452 g/mol. The van der Waals surface area contributed by atoms with Gasteiger partial charge in [-0.3, -0.25) is 9.89 Å². The van der Waals surface area contributed by atoms with Crippen LogP contribution in [0.1, 0.15) is 23.5 Å². The van der Waals surface area contributed by atoms with Crippen molar-refractivity contribution in [1.29, 1.82) is 0 Å². The molecule has 2 atom stereocenters. The summed E-state index contributed by atoms with van der Waals surface area (Å²) in [5, 5.41) is 11.9. The number of fused-ring (bicyclic) bond motifs is 3. The molecule has 182 valence electrons. The van der Waals surface area contributed by atoms with Crippen molar-refractivity contribution in [1.82, 2.24) is 20.1 Å². The number of anilines is 2. The van der Waals surface area contributed by atoms with Gasteiger partial charge in [0.05, 0.1) is 18.0 Å². The van der Waals surface area contributed by atoms with Crippen molar-refractivity contribution in [2.75, 3.05) is 50.6 Å². The molecule has 7 rings (SSSR count). The summed E-state index contributed by atoms with van der Waals surface area (Å²) in [4.78, 5) is 22.4. The number of amides is 1. The molecule has 8 heteroatoms. The van der Waals surface area contributed by atoms with Gasteiger partial charge in [-0.05, 0) is 61.0 Å². The van der Waals surface area contributed by atoms with Crippen LogP contribution in [0.4, 0.5) is 11.5 Å². The third-order valence-corrected chi connectivity index (χ3v) is 8.16. The number of ether oxygens (including phenoxy) is 1. The minimum atomic E-state index is -0.511. The standard InChI is InChI=1S/C28H28N6O2/c1-33-9-11-34(12-10-33)25-8-4-18(16-29-25)26-20-6-3-17(13-24(20)31-32-26)22-15-28(22)21-14-19(36-2)5-7-23(21)30-27(28)35/h3-8,13-14,16,22H,9-12,15H2,1-2H3,(H,30,35)(H,31,32)/t22-,28?/m0/s1. The summed E-state index contributed by atoms with van der Waals surface area (Å²) in [5.41, 5.74) is 5.42. The SMILES string of the molecule is COc1ccc2c(c1)C1(C[C@H]1c1ccc3c(-c4ccc(N5CCN(C)CC5)nc4)n[nH]c3c1)C(=O)N2. The van der Waals surface area contributed by atoms with E-state index in [-0.39, 0.29) is 11.8 Å². The number of rotatable bonds is 4. The number of benzene rings is 2. The molecule has 1 amide bonds. The van der Waals surface area contributed by atoms with Crippen molar-refractivity contribution in [3.05, 3.63) is 65.9 Å². The van der Waals surface area contributed by atoms with Gasteiger partial charge in [0.1, 0.15) is 17.3 Å². The predicted octanol–water partition coefficient (Wildman–Crippen LogP) is 3.76. The lowest BCUT2D eigenvalue weighted by Crippen LogP contribution is -2.44. The molecule has 0 radical (unpaired) electrons. The van der Waals surface area contributed by atoms with Crippen molar-refractivity contribution in [3.63, 3.8) is 0 Å². The molecule has 1 aliphatic carbocycles. The molecule has 3 aliphatic rings. The lowest BCUT2D eigenvalue weighted by atomic mass is 9.91. The summed E-state index contributed by atoms with van der Waals surface area (Å²) in [7, 11) is 3.81. The zero-order valence-electron chi connectivity index (χ0n) is 20.4. The molecule has 1 saturated heterocycles. The number of nitrogens with zero attached hydrogens (tertiary/aromatic N) is 4. The van der Waals surface area contributed by atoms with Gasteiger partial charge in [-0.1, -0.05) is 12.1 Å². The maximum absolute atomic E-state index is 13.0. The number of H-pyrrole nitrogens is 1. The van der Waals surface area contributed by atoms with Crippen molar-refractivity contribution >= 4 is 28.3 Å². The Bertz CT molecular complexity index is 1490. The minimum Gasteiger partial charge on any atom is -0.497 e. The van der Waals surface area contributed by atoms with E-state index in [1.807, 2.05) is 24.4 Å². The second kappa shape index (κ2) is 7.80. The summed E-state index contributed by atoms with van der Waals surface area (Å²) in [5.74, 6) is 2.00. The Morgan fingerprint density at radius 2 is 1.92 bits per heavy atom. The molecule has 2 aromatic carbocycles. The summed E-state index contributed by atoms with van der Waals surface area (Å²) in [6.07, 6.45) is 2.71. The molecule has 2 N–H and O–H groups in total. The van der Waals surface area contributed by atoms with E-state index in [0.717, 1.165) is 83.1 Å². The molecule has 1 unspecified atom stereocenters. The van der Waals surface area contributed by atoms with Crippen LogP contribution in [0.25, 0.3) is 22.2 Å². The number of likely N-dealkylation sites (N-methyl/N-ethyl adjacent to an activating group) is 1. The maximum atomic E-state index is 13.0. The third-order valence-electron chi connectivity index (χ3n) is 8.16. The van der Waals surface area contributed by atoms with E-state index in [9.17, 15) is 4.79 Å². The molecule has 8 nitrogen and oxygen atoms in total. The van der Waals surface area contributed by atoms with E-state index >= 15 is 0 Å². The van der Waals surface area contributed by atoms with Crippen molar-refractivity contribution < 1.29 is 9.53 Å². The van der Waals surface area contributed by atoms with E-state index in [1.165, 1.54) is 0 Å². The van der Waals surface area contributed by atoms with Crippen LogP contribution in [0.2, 0.25) is 0 Å². The van der Waals surface area contributed by atoms with E-state index in [2.05, 4.69) is 62.7 Å². The summed E-state index contributed by atoms with van der Waals surface area (Å²) >= 11 is 0. The first-order valence-corrected chi connectivity index (χ1v) is 12.4. The van der Waals surface area contributed by atoms with Crippen LogP contribution in [0.15, 0.2) is 54.7 Å². The van der Waals surface area contributed by atoms with Gasteiger partial charge in [-0.15, -0.1) is 0 Å². The zero-order valence-corrected chi connectivity index (χ0v) is 20.4. The van der Waals surface area contributed by atoms with Gasteiger partial charge >= 0.3 is 0 Å². The number of hydrogen-bond donors (Lipinski definition) is 2. The van der Waals surface area contributed by atoms with Gasteiger partial charge in [0.2, 0.25) is 5.91 Å². The highest BCUT2D eigenvalue weighted by atomic mass is 16.5. The van der Waals surface area contributed by atoms with Crippen LogP contribution in [0.5, 0.6) is 5.75 Å². The Morgan fingerprint density at radius 1 is 1.06 bits per heavy atom. The summed E-state index contributed by atoms with van der Waals surface area (Å²) in [6, 6.07) is 16.4. The second-order valence-electron chi connectivity index (χ2n) is 10.2. The molecular formula is C28H28N6O2. The Balaban J connectivity index is 1.16. The van der Waals surface area contributed by atoms with Crippen LogP contribution < -0.4 is 15.0 Å². The molecule has 4 heterocycles. The molecule has 2 aromatic heterocycles. The van der Waals surface area contributed by atoms with Gasteiger partial charge < -0.3 is 19.9 Å². The Labute approximate surface area is 209 Å². The fraction of sp³-hybridized carbons (Fsp3) is 0.321. The van der Waals surface area contributed by atoms with E-state index in [4.69, 9.17) is 9.72 Å². The van der Waals surface area contributed by atoms with Crippen LogP contribution in [-0.4, -0.2) is 66.3 Å². The third kappa shape index (κ3) is 3.14. The van der Waals surface area contributed by atoms with Crippen molar-refractivity contribution in [2.24, 2.45) is 0 Å². The van der Waals surface area contributed by atoms with Crippen LogP contribution in [0.3, 0.4) is 0 Å². The number of methoxy groups -OCH3 is 1. The average molecular weight is 481 g/mol. The minimum absolute atomic E-state index is 0.0765. The highest BCUT2D eigenvalue weighted by Crippen LogP contribution is 2.65. The monoisotopic (exact) mass is 480 g/mol. The topological polar surface area (TPSA) is 86.4 Å². The number of hydrogen-bond acceptors (Lipinski definition) is 6. The quantitative estimate of drug-likeness (QED) is 0.463. The first kappa shape index (κ1) is 21.4. The molecule has 2 aliphatic heterocycles. The van der Waals surface area contributed by atoms with Crippen LogP contribution in [-0.2, 0) is 10.2 Å². The van der Waals surface area contributed by atoms with E-state index in [1.54, 1.807) is 7.11 Å². The largest absolute Gasteiger partial charge is 0.497 e. The molecule has 2 fully saturated rings. The van der Waals surface area contributed by atoms with Gasteiger partial charge in [0.15, 0.2) is 0 Å². The lowest BCUT2D eigenvalue weighted by Gasteiger charge is -2.33. The zero-order chi connectivity index (χ0) is 24.4. The highest BCUT2D eigenvalue weighted by Gasteiger charge is 2.65. The van der Waals surface area contributed by atoms with Crippen molar-refractivity contribution in [3.8, 4) is 17.0 Å². The summed E-state index contributed by atoms with van der Waals surface area (Å²) < 4.78 is 5.42. The van der Waals surface area contributed by atoms with E-state index < -0.39 is 5.41 Å². The van der Waals surface area contributed by atoms with Gasteiger partial charge in [0.25, 0.3) is 0 Å². The highest BCUT2D eigenvalue weighted by molar-refractivity contribution is 6.10. The Kier molecular flexibility index (Phi) is 4.63. The fourth-order valence-corrected chi connectivity index (χ4v) is 5.92. The number of nitrogens with one attached hydrogen (secondary N) is 2. The lowest BCUT2D eigenvalue weighted by molar-refractivity contribution is -0.118. The normalized spacial score (nSPS) is 23.2. The summed E-state index contributed by atoms with van der Waals surface area (Å²) in [6.45, 7) is 4.10. The predicted molar refractivity (Wildman–Crippen MR) is 140 cm³/mol. The number of aromatic nitrogens is 3.